The molecular formula is C20H19NO6S. The monoisotopic (exact) mass is 401 g/mol. The zero-order valence-electron chi connectivity index (χ0n) is 15.4. The molecule has 0 aliphatic carbocycles. The van der Waals surface area contributed by atoms with Crippen molar-refractivity contribution in [3.8, 4) is 11.5 Å². The molecule has 0 bridgehead atoms. The molecule has 1 aromatic heterocycles. The summed E-state index contributed by atoms with van der Waals surface area (Å²) in [5, 5.41) is 0.120. The van der Waals surface area contributed by atoms with Crippen LogP contribution >= 0.6 is 0 Å². The smallest absolute Gasteiger partial charge is 0.289 e. The number of fused-ring (bicyclic) bond motifs is 1. The number of likely N-dealkylation sites (tertiary alicyclic amines) is 1. The molecule has 2 heterocycles. The molecule has 146 valence electrons. The standard InChI is InChI=1S/C20H19NO6S/c1-25-14-6-8-15(9-7-14)28(23,24)16-11-21(12-16)20(22)18-10-13-4-3-5-17(26-2)19(13)27-18/h3-10,16H,11-12H2,1-2H3. The highest BCUT2D eigenvalue weighted by Crippen LogP contribution is 2.31. The zero-order chi connectivity index (χ0) is 19.9. The van der Waals surface area contributed by atoms with Crippen LogP contribution in [0.2, 0.25) is 0 Å². The number of ether oxygens (including phenoxy) is 2. The lowest BCUT2D eigenvalue weighted by atomic mass is 10.2. The van der Waals surface area contributed by atoms with Crippen molar-refractivity contribution in [3.63, 3.8) is 0 Å². The lowest BCUT2D eigenvalue weighted by Crippen LogP contribution is -2.56. The Morgan fingerprint density at radius 3 is 2.43 bits per heavy atom. The maximum absolute atomic E-state index is 12.7. The number of nitrogens with zero attached hydrogens (tertiary/aromatic N) is 1. The minimum Gasteiger partial charge on any atom is -0.497 e. The van der Waals surface area contributed by atoms with Crippen molar-refractivity contribution in [1.29, 1.82) is 0 Å². The van der Waals surface area contributed by atoms with Gasteiger partial charge in [-0.15, -0.1) is 0 Å². The van der Waals surface area contributed by atoms with Crippen LogP contribution in [-0.2, 0) is 9.84 Å². The molecule has 1 amide bonds. The van der Waals surface area contributed by atoms with Gasteiger partial charge < -0.3 is 18.8 Å². The second kappa shape index (κ2) is 6.87. The van der Waals surface area contributed by atoms with E-state index in [4.69, 9.17) is 13.9 Å². The topological polar surface area (TPSA) is 86.1 Å². The van der Waals surface area contributed by atoms with E-state index in [0.717, 1.165) is 5.39 Å². The van der Waals surface area contributed by atoms with Crippen molar-refractivity contribution in [2.45, 2.75) is 10.1 Å². The summed E-state index contributed by atoms with van der Waals surface area (Å²) in [7, 11) is -0.460. The first-order valence-electron chi connectivity index (χ1n) is 8.68. The van der Waals surface area contributed by atoms with Crippen molar-refractivity contribution in [2.24, 2.45) is 0 Å². The molecule has 0 spiro atoms. The van der Waals surface area contributed by atoms with Gasteiger partial charge in [0, 0.05) is 18.5 Å². The molecule has 8 heteroatoms. The summed E-state index contributed by atoms with van der Waals surface area (Å²) >= 11 is 0. The van der Waals surface area contributed by atoms with Gasteiger partial charge in [-0.3, -0.25) is 4.79 Å². The number of hydrogen-bond acceptors (Lipinski definition) is 6. The lowest BCUT2D eigenvalue weighted by Gasteiger charge is -2.38. The van der Waals surface area contributed by atoms with E-state index in [0.29, 0.717) is 17.1 Å². The molecule has 28 heavy (non-hydrogen) atoms. The third-order valence-electron chi connectivity index (χ3n) is 4.90. The van der Waals surface area contributed by atoms with E-state index < -0.39 is 15.1 Å². The van der Waals surface area contributed by atoms with Crippen LogP contribution in [0.5, 0.6) is 11.5 Å². The molecule has 0 radical (unpaired) electrons. The van der Waals surface area contributed by atoms with E-state index in [-0.39, 0.29) is 29.7 Å². The van der Waals surface area contributed by atoms with E-state index in [1.807, 2.05) is 12.1 Å². The lowest BCUT2D eigenvalue weighted by molar-refractivity contribution is 0.0628. The summed E-state index contributed by atoms with van der Waals surface area (Å²) in [5.74, 6) is 0.962. The molecule has 1 saturated heterocycles. The molecule has 1 aliphatic rings. The van der Waals surface area contributed by atoms with Crippen LogP contribution < -0.4 is 9.47 Å². The second-order valence-corrected chi connectivity index (χ2v) is 8.77. The molecular weight excluding hydrogens is 382 g/mol. The van der Waals surface area contributed by atoms with Gasteiger partial charge in [-0.05, 0) is 36.4 Å². The molecule has 4 rings (SSSR count). The van der Waals surface area contributed by atoms with E-state index >= 15 is 0 Å². The van der Waals surface area contributed by atoms with Crippen LogP contribution in [0, 0.1) is 0 Å². The van der Waals surface area contributed by atoms with Gasteiger partial charge in [0.2, 0.25) is 0 Å². The van der Waals surface area contributed by atoms with Crippen molar-refractivity contribution in [3.05, 3.63) is 54.3 Å². The van der Waals surface area contributed by atoms with E-state index in [1.54, 1.807) is 24.3 Å². The maximum Gasteiger partial charge on any atom is 0.289 e. The number of para-hydroxylation sites is 1. The Kier molecular flexibility index (Phi) is 4.50. The van der Waals surface area contributed by atoms with Gasteiger partial charge in [0.25, 0.3) is 5.91 Å². The number of carbonyl (C=O) groups excluding carboxylic acids is 1. The number of carbonyl (C=O) groups is 1. The minimum atomic E-state index is -3.51. The Balaban J connectivity index is 1.49. The van der Waals surface area contributed by atoms with Crippen LogP contribution in [0.1, 0.15) is 10.6 Å². The number of methoxy groups -OCH3 is 2. The number of benzene rings is 2. The highest BCUT2D eigenvalue weighted by molar-refractivity contribution is 7.92. The predicted molar refractivity (Wildman–Crippen MR) is 103 cm³/mol. The predicted octanol–water partition coefficient (Wildman–Crippen LogP) is 2.75. The van der Waals surface area contributed by atoms with Gasteiger partial charge in [0.15, 0.2) is 26.9 Å². The molecule has 2 aromatic carbocycles. The van der Waals surface area contributed by atoms with Gasteiger partial charge in [-0.1, -0.05) is 12.1 Å². The summed E-state index contributed by atoms with van der Waals surface area (Å²) in [4.78, 5) is 14.4. The summed E-state index contributed by atoms with van der Waals surface area (Å²) in [5.41, 5.74) is 0.497. The Bertz CT molecular complexity index is 1130. The quantitative estimate of drug-likeness (QED) is 0.653. The average Bonchev–Trinajstić information content (AvgIpc) is 3.11. The second-order valence-electron chi connectivity index (χ2n) is 6.54. The van der Waals surface area contributed by atoms with Crippen LogP contribution in [0.3, 0.4) is 0 Å². The fourth-order valence-corrected chi connectivity index (χ4v) is 4.87. The van der Waals surface area contributed by atoms with Crippen molar-refractivity contribution >= 4 is 26.7 Å². The molecule has 1 fully saturated rings. The fraction of sp³-hybridized carbons (Fsp3) is 0.250. The number of hydrogen-bond donors (Lipinski definition) is 0. The maximum atomic E-state index is 12.7. The third kappa shape index (κ3) is 2.99. The highest BCUT2D eigenvalue weighted by atomic mass is 32.2. The van der Waals surface area contributed by atoms with Crippen LogP contribution in [0.25, 0.3) is 11.0 Å². The summed E-state index contributed by atoms with van der Waals surface area (Å²) in [6.45, 7) is 0.253. The molecule has 7 nitrogen and oxygen atoms in total. The Hall–Kier alpha value is -3.00. The van der Waals surface area contributed by atoms with Gasteiger partial charge in [-0.25, -0.2) is 8.42 Å². The Labute approximate surface area is 162 Å². The number of sulfone groups is 1. The van der Waals surface area contributed by atoms with E-state index in [2.05, 4.69) is 0 Å². The van der Waals surface area contributed by atoms with Crippen molar-refractivity contribution in [2.75, 3.05) is 27.3 Å². The SMILES string of the molecule is COc1ccc(S(=O)(=O)C2CN(C(=O)c3cc4cccc(OC)c4o3)C2)cc1. The largest absolute Gasteiger partial charge is 0.497 e. The van der Waals surface area contributed by atoms with Crippen LogP contribution in [0.4, 0.5) is 0 Å². The minimum absolute atomic E-state index is 0.126. The normalized spacial score (nSPS) is 14.7. The summed E-state index contributed by atoms with van der Waals surface area (Å²) < 4.78 is 41.4. The van der Waals surface area contributed by atoms with Crippen molar-refractivity contribution < 1.29 is 27.1 Å². The number of rotatable bonds is 5. The average molecular weight is 401 g/mol. The molecule has 0 N–H and O–H groups in total. The van der Waals surface area contributed by atoms with Gasteiger partial charge in [0.05, 0.1) is 19.1 Å². The highest BCUT2D eigenvalue weighted by Gasteiger charge is 2.41. The van der Waals surface area contributed by atoms with Crippen LogP contribution in [-0.4, -0.2) is 51.8 Å². The first kappa shape index (κ1) is 18.4. The van der Waals surface area contributed by atoms with Crippen molar-refractivity contribution in [1.82, 2.24) is 4.90 Å². The van der Waals surface area contributed by atoms with Gasteiger partial charge in [0.1, 0.15) is 11.0 Å². The first-order chi connectivity index (χ1) is 13.4. The molecule has 3 aromatic rings. The van der Waals surface area contributed by atoms with Crippen LogP contribution in [0.15, 0.2) is 57.8 Å². The first-order valence-corrected chi connectivity index (χ1v) is 10.2. The Morgan fingerprint density at radius 2 is 1.79 bits per heavy atom. The summed E-state index contributed by atoms with van der Waals surface area (Å²) in [6.07, 6.45) is 0. The number of amides is 1. The molecule has 1 aliphatic heterocycles. The number of furan rings is 1. The fourth-order valence-electron chi connectivity index (χ4n) is 3.22. The third-order valence-corrected chi connectivity index (χ3v) is 7.01. The van der Waals surface area contributed by atoms with Gasteiger partial charge in [-0.2, -0.15) is 0 Å². The molecule has 0 saturated carbocycles. The summed E-state index contributed by atoms with van der Waals surface area (Å²) in [6, 6.07) is 13.3. The van der Waals surface area contributed by atoms with E-state index in [1.165, 1.54) is 31.3 Å². The zero-order valence-corrected chi connectivity index (χ0v) is 16.2. The molecule has 0 unspecified atom stereocenters. The Morgan fingerprint density at radius 1 is 1.07 bits per heavy atom. The molecule has 0 atom stereocenters. The van der Waals surface area contributed by atoms with E-state index in [9.17, 15) is 13.2 Å². The van der Waals surface area contributed by atoms with Gasteiger partial charge >= 0.3 is 0 Å².